The molecule has 0 atom stereocenters. The fraction of sp³-hybridized carbons (Fsp3) is 0.467. The Bertz CT molecular complexity index is 543. The zero-order valence-corrected chi connectivity index (χ0v) is 12.5. The van der Waals surface area contributed by atoms with Crippen LogP contribution >= 0.6 is 11.3 Å². The van der Waals surface area contributed by atoms with E-state index in [1.165, 1.54) is 9.88 Å². The van der Waals surface area contributed by atoms with Crippen LogP contribution in [-0.2, 0) is 18.4 Å². The highest BCUT2D eigenvalue weighted by molar-refractivity contribution is 7.11. The van der Waals surface area contributed by atoms with E-state index in [-0.39, 0.29) is 0 Å². The van der Waals surface area contributed by atoms with Crippen molar-refractivity contribution in [1.29, 1.82) is 0 Å². The highest BCUT2D eigenvalue weighted by atomic mass is 32.1. The van der Waals surface area contributed by atoms with Gasteiger partial charge in [0.05, 0.1) is 10.7 Å². The molecule has 0 amide bonds. The molecule has 0 bridgehead atoms. The summed E-state index contributed by atoms with van der Waals surface area (Å²) in [6, 6.07) is 5.80. The predicted octanol–water partition coefficient (Wildman–Crippen LogP) is 3.31. The van der Waals surface area contributed by atoms with Crippen LogP contribution in [0.25, 0.3) is 0 Å². The lowest BCUT2D eigenvalue weighted by Crippen LogP contribution is -2.18. The van der Waals surface area contributed by atoms with Gasteiger partial charge in [0, 0.05) is 23.2 Å². The smallest absolute Gasteiger partial charge is 0.101 e. The highest BCUT2D eigenvalue weighted by Crippen LogP contribution is 2.20. The molecule has 0 aliphatic heterocycles. The van der Waals surface area contributed by atoms with Gasteiger partial charge in [0.15, 0.2) is 0 Å². The van der Waals surface area contributed by atoms with Crippen LogP contribution in [0.5, 0.6) is 0 Å². The normalized spacial score (nSPS) is 11.8. The Morgan fingerprint density at radius 2 is 2.11 bits per heavy atom. The Kier molecular flexibility index (Phi) is 4.32. The lowest BCUT2D eigenvalue weighted by Gasteiger charge is -2.16. The van der Waals surface area contributed by atoms with Crippen molar-refractivity contribution in [2.45, 2.75) is 45.6 Å². The van der Waals surface area contributed by atoms with Crippen molar-refractivity contribution in [3.8, 4) is 0 Å². The largest absolute Gasteiger partial charge is 0.384 e. The first-order valence-corrected chi connectivity index (χ1v) is 7.43. The quantitative estimate of drug-likeness (QED) is 0.911. The molecule has 0 saturated heterocycles. The fourth-order valence-electron chi connectivity index (χ4n) is 1.86. The fourth-order valence-corrected chi connectivity index (χ4v) is 2.90. The number of hydrogen-bond donors (Lipinski definition) is 1. The minimum atomic E-state index is -0.892. The van der Waals surface area contributed by atoms with Gasteiger partial charge in [0.1, 0.15) is 5.60 Å². The second-order valence-electron chi connectivity index (χ2n) is 5.22. The molecule has 102 valence electrons. The molecule has 0 aromatic carbocycles. The van der Waals surface area contributed by atoms with E-state index in [1.807, 2.05) is 24.4 Å². The summed E-state index contributed by atoms with van der Waals surface area (Å²) in [6.45, 7) is 5.67. The van der Waals surface area contributed by atoms with E-state index in [0.29, 0.717) is 5.69 Å². The molecule has 3 nitrogen and oxygen atoms in total. The van der Waals surface area contributed by atoms with Crippen molar-refractivity contribution >= 4 is 11.3 Å². The molecule has 2 heterocycles. The summed E-state index contributed by atoms with van der Waals surface area (Å²) >= 11 is 1.75. The molecule has 2 rings (SSSR count). The summed E-state index contributed by atoms with van der Waals surface area (Å²) < 4.78 is 0. The monoisotopic (exact) mass is 276 g/mol. The topological polar surface area (TPSA) is 46.0 Å². The number of aromatic nitrogens is 2. The standard InChI is InChI=1S/C15H20N2OS/c1-4-6-14-16-10-12(19-14)9-11-7-5-8-13(17-11)15(2,3)18/h5,7-8,10,18H,4,6,9H2,1-3H3. The molecule has 0 fully saturated rings. The minimum absolute atomic E-state index is 0.711. The van der Waals surface area contributed by atoms with Crippen LogP contribution in [0.1, 0.15) is 48.5 Å². The van der Waals surface area contributed by atoms with Crippen molar-refractivity contribution in [1.82, 2.24) is 9.97 Å². The summed E-state index contributed by atoms with van der Waals surface area (Å²) in [7, 11) is 0. The molecule has 0 aliphatic rings. The van der Waals surface area contributed by atoms with E-state index >= 15 is 0 Å². The van der Waals surface area contributed by atoms with Crippen molar-refractivity contribution in [3.63, 3.8) is 0 Å². The maximum atomic E-state index is 9.98. The SMILES string of the molecule is CCCc1ncc(Cc2cccc(C(C)(C)O)n2)s1. The van der Waals surface area contributed by atoms with Crippen LogP contribution in [0.2, 0.25) is 0 Å². The van der Waals surface area contributed by atoms with E-state index in [2.05, 4.69) is 16.9 Å². The molecule has 0 spiro atoms. The third kappa shape index (κ3) is 3.85. The van der Waals surface area contributed by atoms with E-state index < -0.39 is 5.60 Å². The zero-order valence-electron chi connectivity index (χ0n) is 11.7. The summed E-state index contributed by atoms with van der Waals surface area (Å²) in [4.78, 5) is 10.2. The summed E-state index contributed by atoms with van der Waals surface area (Å²) in [6.07, 6.45) is 4.89. The molecule has 0 radical (unpaired) electrons. The van der Waals surface area contributed by atoms with Gasteiger partial charge < -0.3 is 5.11 Å². The van der Waals surface area contributed by atoms with Crippen LogP contribution in [0, 0.1) is 0 Å². The molecule has 0 saturated carbocycles. The lowest BCUT2D eigenvalue weighted by molar-refractivity contribution is 0.0736. The minimum Gasteiger partial charge on any atom is -0.384 e. The van der Waals surface area contributed by atoms with Crippen molar-refractivity contribution < 1.29 is 5.11 Å². The molecular formula is C15H20N2OS. The first-order valence-electron chi connectivity index (χ1n) is 6.61. The van der Waals surface area contributed by atoms with Gasteiger partial charge in [-0.2, -0.15) is 0 Å². The van der Waals surface area contributed by atoms with E-state index in [4.69, 9.17) is 0 Å². The number of rotatable bonds is 5. The van der Waals surface area contributed by atoms with Crippen LogP contribution in [0.3, 0.4) is 0 Å². The molecular weight excluding hydrogens is 256 g/mol. The Morgan fingerprint density at radius 3 is 2.79 bits per heavy atom. The van der Waals surface area contributed by atoms with Crippen molar-refractivity contribution in [2.75, 3.05) is 0 Å². The molecule has 2 aromatic rings. The van der Waals surface area contributed by atoms with Gasteiger partial charge in [-0.1, -0.05) is 13.0 Å². The van der Waals surface area contributed by atoms with Gasteiger partial charge in [-0.15, -0.1) is 11.3 Å². The molecule has 4 heteroatoms. The summed E-state index contributed by atoms with van der Waals surface area (Å²) in [5, 5.41) is 11.2. The van der Waals surface area contributed by atoms with Crippen LogP contribution in [-0.4, -0.2) is 15.1 Å². The number of hydrogen-bond acceptors (Lipinski definition) is 4. The van der Waals surface area contributed by atoms with Crippen LogP contribution in [0.15, 0.2) is 24.4 Å². The zero-order chi connectivity index (χ0) is 13.9. The Morgan fingerprint density at radius 1 is 1.32 bits per heavy atom. The van der Waals surface area contributed by atoms with Crippen LogP contribution < -0.4 is 0 Å². The highest BCUT2D eigenvalue weighted by Gasteiger charge is 2.17. The number of thiazole rings is 1. The molecule has 0 unspecified atom stereocenters. The Labute approximate surface area is 118 Å². The second kappa shape index (κ2) is 5.80. The Hall–Kier alpha value is -1.26. The third-order valence-electron chi connectivity index (χ3n) is 2.85. The second-order valence-corrected chi connectivity index (χ2v) is 6.42. The Balaban J connectivity index is 2.14. The first-order chi connectivity index (χ1) is 8.99. The first kappa shape index (κ1) is 14.2. The maximum absolute atomic E-state index is 9.98. The van der Waals surface area contributed by atoms with E-state index in [0.717, 1.165) is 25.0 Å². The molecule has 0 aliphatic carbocycles. The number of aryl methyl sites for hydroxylation is 1. The number of nitrogens with zero attached hydrogens (tertiary/aromatic N) is 2. The third-order valence-corrected chi connectivity index (χ3v) is 3.91. The molecule has 2 aromatic heterocycles. The molecule has 19 heavy (non-hydrogen) atoms. The van der Waals surface area contributed by atoms with Crippen LogP contribution in [0.4, 0.5) is 0 Å². The average Bonchev–Trinajstić information content (AvgIpc) is 2.76. The van der Waals surface area contributed by atoms with Gasteiger partial charge in [-0.05, 0) is 38.8 Å². The number of aliphatic hydroxyl groups is 1. The summed E-state index contributed by atoms with van der Waals surface area (Å²) in [5.41, 5.74) is 0.798. The lowest BCUT2D eigenvalue weighted by atomic mass is 10.0. The van der Waals surface area contributed by atoms with Gasteiger partial charge in [0.2, 0.25) is 0 Å². The van der Waals surface area contributed by atoms with Gasteiger partial charge in [-0.25, -0.2) is 4.98 Å². The average molecular weight is 276 g/mol. The van der Waals surface area contributed by atoms with Crippen molar-refractivity contribution in [2.24, 2.45) is 0 Å². The van der Waals surface area contributed by atoms with Gasteiger partial charge >= 0.3 is 0 Å². The van der Waals surface area contributed by atoms with E-state index in [1.54, 1.807) is 25.2 Å². The van der Waals surface area contributed by atoms with E-state index in [9.17, 15) is 5.11 Å². The van der Waals surface area contributed by atoms with Gasteiger partial charge in [-0.3, -0.25) is 4.98 Å². The van der Waals surface area contributed by atoms with Gasteiger partial charge in [0.25, 0.3) is 0 Å². The predicted molar refractivity (Wildman–Crippen MR) is 78.4 cm³/mol. The molecule has 1 N–H and O–H groups in total. The van der Waals surface area contributed by atoms with Crippen molar-refractivity contribution in [3.05, 3.63) is 45.7 Å². The number of pyridine rings is 1. The summed E-state index contributed by atoms with van der Waals surface area (Å²) in [5.74, 6) is 0. The maximum Gasteiger partial charge on any atom is 0.101 e.